The third-order valence-corrected chi connectivity index (χ3v) is 4.89. The second kappa shape index (κ2) is 6.99. The van der Waals surface area contributed by atoms with Crippen LogP contribution >= 0.6 is 0 Å². The Labute approximate surface area is 133 Å². The molecule has 4 nitrogen and oxygen atoms in total. The van der Waals surface area contributed by atoms with Gasteiger partial charge in [0.2, 0.25) is 0 Å². The molecule has 0 unspecified atom stereocenters. The van der Waals surface area contributed by atoms with Crippen molar-refractivity contribution >= 4 is 0 Å². The van der Waals surface area contributed by atoms with Gasteiger partial charge in [-0.15, -0.1) is 0 Å². The first-order valence-corrected chi connectivity index (χ1v) is 8.34. The van der Waals surface area contributed by atoms with Gasteiger partial charge >= 0.3 is 0 Å². The van der Waals surface area contributed by atoms with Gasteiger partial charge in [-0.1, -0.05) is 12.1 Å². The van der Waals surface area contributed by atoms with E-state index in [-0.39, 0.29) is 5.60 Å². The van der Waals surface area contributed by atoms with Gasteiger partial charge in [-0.05, 0) is 37.5 Å². The predicted molar refractivity (Wildman–Crippen MR) is 86.2 cm³/mol. The number of methoxy groups -OCH3 is 1. The molecule has 0 aliphatic carbocycles. The van der Waals surface area contributed by atoms with Crippen LogP contribution in [0, 0.1) is 0 Å². The van der Waals surface area contributed by atoms with E-state index in [4.69, 9.17) is 14.2 Å². The van der Waals surface area contributed by atoms with Crippen LogP contribution in [0.25, 0.3) is 0 Å². The number of hydrogen-bond donors (Lipinski definition) is 0. The van der Waals surface area contributed by atoms with Crippen molar-refractivity contribution in [3.05, 3.63) is 29.8 Å². The minimum atomic E-state index is 0.0741. The third kappa shape index (κ3) is 3.62. The van der Waals surface area contributed by atoms with Crippen LogP contribution < -0.4 is 4.74 Å². The quantitative estimate of drug-likeness (QED) is 0.837. The molecule has 3 rings (SSSR count). The summed E-state index contributed by atoms with van der Waals surface area (Å²) in [4.78, 5) is 2.51. The summed E-state index contributed by atoms with van der Waals surface area (Å²) in [5, 5.41) is 0. The van der Waals surface area contributed by atoms with Crippen molar-refractivity contribution in [1.29, 1.82) is 0 Å². The number of ether oxygens (including phenoxy) is 3. The Kier molecular flexibility index (Phi) is 5.01. The lowest BCUT2D eigenvalue weighted by molar-refractivity contribution is -0.0464. The molecule has 122 valence electrons. The van der Waals surface area contributed by atoms with Crippen LogP contribution in [-0.2, 0) is 16.0 Å². The summed E-state index contributed by atoms with van der Waals surface area (Å²) >= 11 is 0. The topological polar surface area (TPSA) is 30.9 Å². The average Bonchev–Trinajstić information content (AvgIpc) is 2.93. The molecule has 1 atom stereocenters. The van der Waals surface area contributed by atoms with E-state index in [2.05, 4.69) is 30.0 Å². The molecule has 0 bridgehead atoms. The van der Waals surface area contributed by atoms with Gasteiger partial charge in [-0.2, -0.15) is 0 Å². The normalized spacial score (nSPS) is 24.7. The smallest absolute Gasteiger partial charge is 0.119 e. The van der Waals surface area contributed by atoms with E-state index < -0.39 is 0 Å². The highest BCUT2D eigenvalue weighted by Gasteiger charge is 2.42. The molecule has 1 spiro atoms. The van der Waals surface area contributed by atoms with Crippen molar-refractivity contribution in [3.8, 4) is 5.75 Å². The molecule has 2 aliphatic heterocycles. The molecular weight excluding hydrogens is 278 g/mol. The van der Waals surface area contributed by atoms with Gasteiger partial charge in [-0.25, -0.2) is 0 Å². The summed E-state index contributed by atoms with van der Waals surface area (Å²) in [5.41, 5.74) is 1.39. The van der Waals surface area contributed by atoms with Crippen molar-refractivity contribution in [2.24, 2.45) is 0 Å². The molecular formula is C18H27NO3. The maximum absolute atomic E-state index is 6.11. The van der Waals surface area contributed by atoms with Crippen LogP contribution in [0.2, 0.25) is 0 Å². The molecule has 2 heterocycles. The van der Waals surface area contributed by atoms with Crippen molar-refractivity contribution in [2.75, 3.05) is 33.4 Å². The number of likely N-dealkylation sites (tertiary alicyclic amines) is 1. The van der Waals surface area contributed by atoms with E-state index >= 15 is 0 Å². The fraction of sp³-hybridized carbons (Fsp3) is 0.667. The maximum Gasteiger partial charge on any atom is 0.119 e. The lowest BCUT2D eigenvalue weighted by Crippen LogP contribution is -2.43. The van der Waals surface area contributed by atoms with Gasteiger partial charge in [0, 0.05) is 32.7 Å². The molecule has 0 radical (unpaired) electrons. The second-order valence-electron chi connectivity index (χ2n) is 6.40. The van der Waals surface area contributed by atoms with Crippen LogP contribution in [0.3, 0.4) is 0 Å². The number of piperidine rings is 1. The largest absolute Gasteiger partial charge is 0.497 e. The first-order chi connectivity index (χ1) is 10.7. The Morgan fingerprint density at radius 3 is 2.86 bits per heavy atom. The summed E-state index contributed by atoms with van der Waals surface area (Å²) < 4.78 is 17.1. The summed E-state index contributed by atoms with van der Waals surface area (Å²) in [6.07, 6.45) is 3.59. The Bertz CT molecular complexity index is 483. The Morgan fingerprint density at radius 1 is 1.32 bits per heavy atom. The standard InChI is InChI=1S/C18H27NO3/c1-3-21-17-12-18(22-14-17)7-9-19(10-8-18)13-15-5-4-6-16(11-15)20-2/h4-6,11,17H,3,7-10,12-14H2,1-2H3/t17-/m0/s1. The van der Waals surface area contributed by atoms with Crippen molar-refractivity contribution in [2.45, 2.75) is 44.4 Å². The van der Waals surface area contributed by atoms with Gasteiger partial charge in [-0.3, -0.25) is 4.90 Å². The molecule has 0 saturated carbocycles. The van der Waals surface area contributed by atoms with Gasteiger partial charge in [0.1, 0.15) is 5.75 Å². The zero-order valence-corrected chi connectivity index (χ0v) is 13.7. The molecule has 1 aromatic carbocycles. The lowest BCUT2D eigenvalue weighted by Gasteiger charge is -2.38. The van der Waals surface area contributed by atoms with E-state index in [0.717, 1.165) is 57.9 Å². The van der Waals surface area contributed by atoms with Gasteiger partial charge in [0.05, 0.1) is 25.4 Å². The van der Waals surface area contributed by atoms with E-state index in [1.165, 1.54) is 5.56 Å². The number of hydrogen-bond acceptors (Lipinski definition) is 4. The van der Waals surface area contributed by atoms with Crippen LogP contribution in [0.15, 0.2) is 24.3 Å². The minimum Gasteiger partial charge on any atom is -0.497 e. The van der Waals surface area contributed by atoms with Crippen LogP contribution in [0.1, 0.15) is 31.7 Å². The van der Waals surface area contributed by atoms with Crippen LogP contribution in [0.4, 0.5) is 0 Å². The SMILES string of the molecule is CCO[C@@H]1COC2(CCN(Cc3cccc(OC)c3)CC2)C1. The Balaban J connectivity index is 1.51. The van der Waals surface area contributed by atoms with Crippen molar-refractivity contribution in [1.82, 2.24) is 4.90 Å². The van der Waals surface area contributed by atoms with E-state index in [9.17, 15) is 0 Å². The van der Waals surface area contributed by atoms with Crippen LogP contribution in [0.5, 0.6) is 5.75 Å². The minimum absolute atomic E-state index is 0.0741. The lowest BCUT2D eigenvalue weighted by atomic mass is 9.88. The summed E-state index contributed by atoms with van der Waals surface area (Å²) in [5.74, 6) is 0.935. The zero-order chi connectivity index (χ0) is 15.4. The van der Waals surface area contributed by atoms with Crippen LogP contribution in [-0.4, -0.2) is 50.0 Å². The predicted octanol–water partition coefficient (Wildman–Crippen LogP) is 2.86. The molecule has 22 heavy (non-hydrogen) atoms. The molecule has 0 N–H and O–H groups in total. The Morgan fingerprint density at radius 2 is 2.14 bits per heavy atom. The highest BCUT2D eigenvalue weighted by atomic mass is 16.6. The molecule has 2 saturated heterocycles. The first-order valence-electron chi connectivity index (χ1n) is 8.34. The van der Waals surface area contributed by atoms with Crippen molar-refractivity contribution in [3.63, 3.8) is 0 Å². The molecule has 4 heteroatoms. The Hall–Kier alpha value is -1.10. The third-order valence-electron chi connectivity index (χ3n) is 4.89. The maximum atomic E-state index is 6.11. The van der Waals surface area contributed by atoms with E-state index in [0.29, 0.717) is 6.10 Å². The van der Waals surface area contributed by atoms with Gasteiger partial charge in [0.15, 0.2) is 0 Å². The number of nitrogens with zero attached hydrogens (tertiary/aromatic N) is 1. The first kappa shape index (κ1) is 15.8. The fourth-order valence-electron chi connectivity index (χ4n) is 3.64. The summed E-state index contributed by atoms with van der Waals surface area (Å²) in [7, 11) is 1.72. The molecule has 1 aromatic rings. The molecule has 0 amide bonds. The summed E-state index contributed by atoms with van der Waals surface area (Å²) in [6.45, 7) is 6.78. The van der Waals surface area contributed by atoms with E-state index in [1.54, 1.807) is 7.11 Å². The highest BCUT2D eigenvalue weighted by Crippen LogP contribution is 2.37. The monoisotopic (exact) mass is 305 g/mol. The van der Waals surface area contributed by atoms with E-state index in [1.807, 2.05) is 6.07 Å². The zero-order valence-electron chi connectivity index (χ0n) is 13.7. The highest BCUT2D eigenvalue weighted by molar-refractivity contribution is 5.28. The van der Waals surface area contributed by atoms with Gasteiger partial charge in [0.25, 0.3) is 0 Å². The van der Waals surface area contributed by atoms with Crippen molar-refractivity contribution < 1.29 is 14.2 Å². The van der Waals surface area contributed by atoms with Gasteiger partial charge < -0.3 is 14.2 Å². The second-order valence-corrected chi connectivity index (χ2v) is 6.40. The molecule has 0 aromatic heterocycles. The number of rotatable bonds is 5. The average molecular weight is 305 g/mol. The molecule has 2 fully saturated rings. The fourth-order valence-corrected chi connectivity index (χ4v) is 3.64. The molecule has 2 aliphatic rings. The number of benzene rings is 1. The summed E-state index contributed by atoms with van der Waals surface area (Å²) in [6, 6.07) is 8.35.